The Labute approximate surface area is 132 Å². The molecule has 1 heterocycles. The molecule has 20 heavy (non-hydrogen) atoms. The van der Waals surface area contributed by atoms with Gasteiger partial charge in [-0.2, -0.15) is 0 Å². The molecule has 0 N–H and O–H groups in total. The largest absolute Gasteiger partial charge is 0.496 e. The van der Waals surface area contributed by atoms with Gasteiger partial charge >= 0.3 is 0 Å². The van der Waals surface area contributed by atoms with Crippen molar-refractivity contribution in [3.63, 3.8) is 0 Å². The molecule has 1 aromatic carbocycles. The third kappa shape index (κ3) is 3.37. The maximum Gasteiger partial charge on any atom is 0.190 e. The molecule has 6 heteroatoms. The zero-order chi connectivity index (χ0) is 14.7. The van der Waals surface area contributed by atoms with E-state index in [2.05, 4.69) is 9.97 Å². The topological polar surface area (TPSA) is 35.0 Å². The van der Waals surface area contributed by atoms with Crippen LogP contribution < -0.4 is 4.74 Å². The summed E-state index contributed by atoms with van der Waals surface area (Å²) in [5, 5.41) is 1.39. The van der Waals surface area contributed by atoms with Crippen LogP contribution in [-0.4, -0.2) is 23.3 Å². The Balaban J connectivity index is 2.32. The minimum absolute atomic E-state index is 0.405. The van der Waals surface area contributed by atoms with E-state index in [1.54, 1.807) is 7.11 Å². The second-order valence-corrected chi connectivity index (χ2v) is 5.74. The molecule has 0 amide bonds. The summed E-state index contributed by atoms with van der Waals surface area (Å²) >= 11 is 13.8. The van der Waals surface area contributed by atoms with Crippen molar-refractivity contribution in [2.24, 2.45) is 0 Å². The van der Waals surface area contributed by atoms with Gasteiger partial charge in [0.2, 0.25) is 0 Å². The molecule has 0 saturated carbocycles. The maximum absolute atomic E-state index is 6.19. The van der Waals surface area contributed by atoms with Crippen LogP contribution in [0, 0.1) is 6.92 Å². The van der Waals surface area contributed by atoms with Gasteiger partial charge in [-0.3, -0.25) is 0 Å². The van der Waals surface area contributed by atoms with E-state index in [1.807, 2.05) is 31.4 Å². The summed E-state index contributed by atoms with van der Waals surface area (Å²) in [6.45, 7) is 2.00. The number of nitrogens with zero attached hydrogens (tertiary/aromatic N) is 2. The first kappa shape index (κ1) is 15.4. The fourth-order valence-electron chi connectivity index (χ4n) is 1.90. The van der Waals surface area contributed by atoms with Gasteiger partial charge in [-0.1, -0.05) is 47.1 Å². The van der Waals surface area contributed by atoms with E-state index in [0.717, 1.165) is 22.4 Å². The van der Waals surface area contributed by atoms with Crippen molar-refractivity contribution in [3.05, 3.63) is 45.2 Å². The molecule has 0 fully saturated rings. The Morgan fingerprint density at radius 1 is 1.20 bits per heavy atom. The highest BCUT2D eigenvalue weighted by molar-refractivity contribution is 7.98. The van der Waals surface area contributed by atoms with Gasteiger partial charge in [0.05, 0.1) is 7.11 Å². The van der Waals surface area contributed by atoms with Gasteiger partial charge in [0.25, 0.3) is 0 Å². The van der Waals surface area contributed by atoms with Crippen molar-refractivity contribution in [1.29, 1.82) is 0 Å². The van der Waals surface area contributed by atoms with Crippen LogP contribution >= 0.6 is 35.0 Å². The SMILES string of the molecule is COc1ccc(Cc2c(Cl)nc(SC)nc2Cl)cc1C. The molecule has 106 valence electrons. The minimum Gasteiger partial charge on any atom is -0.496 e. The predicted octanol–water partition coefficient (Wildman–Crippen LogP) is 4.41. The van der Waals surface area contributed by atoms with Gasteiger partial charge in [-0.25, -0.2) is 9.97 Å². The molecular formula is C14H14Cl2N2OS. The Hall–Kier alpha value is -0.970. The number of ether oxygens (including phenoxy) is 1. The van der Waals surface area contributed by atoms with Crippen molar-refractivity contribution in [2.45, 2.75) is 18.5 Å². The van der Waals surface area contributed by atoms with E-state index in [4.69, 9.17) is 27.9 Å². The molecule has 0 spiro atoms. The van der Waals surface area contributed by atoms with Gasteiger partial charge in [0.1, 0.15) is 16.1 Å². The third-order valence-electron chi connectivity index (χ3n) is 2.91. The lowest BCUT2D eigenvalue weighted by Crippen LogP contribution is -1.98. The summed E-state index contributed by atoms with van der Waals surface area (Å²) in [7, 11) is 1.66. The van der Waals surface area contributed by atoms with Crippen LogP contribution in [0.4, 0.5) is 0 Å². The fourth-order valence-corrected chi connectivity index (χ4v) is 2.89. The predicted molar refractivity (Wildman–Crippen MR) is 84.4 cm³/mol. The van der Waals surface area contributed by atoms with Crippen LogP contribution in [0.3, 0.4) is 0 Å². The lowest BCUT2D eigenvalue weighted by atomic mass is 10.0. The molecule has 0 atom stereocenters. The van der Waals surface area contributed by atoms with Crippen molar-refractivity contribution in [1.82, 2.24) is 9.97 Å². The summed E-state index contributed by atoms with van der Waals surface area (Å²) in [5.74, 6) is 0.861. The van der Waals surface area contributed by atoms with Crippen LogP contribution in [0.1, 0.15) is 16.7 Å². The molecular weight excluding hydrogens is 315 g/mol. The zero-order valence-electron chi connectivity index (χ0n) is 11.4. The van der Waals surface area contributed by atoms with E-state index < -0.39 is 0 Å². The van der Waals surface area contributed by atoms with E-state index in [-0.39, 0.29) is 0 Å². The number of aromatic nitrogens is 2. The molecule has 0 bridgehead atoms. The van der Waals surface area contributed by atoms with Crippen molar-refractivity contribution in [2.75, 3.05) is 13.4 Å². The molecule has 0 aliphatic rings. The molecule has 0 saturated heterocycles. The quantitative estimate of drug-likeness (QED) is 0.473. The van der Waals surface area contributed by atoms with Crippen molar-refractivity contribution >= 4 is 35.0 Å². The lowest BCUT2D eigenvalue weighted by molar-refractivity contribution is 0.411. The summed E-state index contributed by atoms with van der Waals surface area (Å²) in [4.78, 5) is 8.43. The number of hydrogen-bond donors (Lipinski definition) is 0. The first-order valence-electron chi connectivity index (χ1n) is 5.94. The van der Waals surface area contributed by atoms with Crippen LogP contribution in [0.5, 0.6) is 5.75 Å². The standard InChI is InChI=1S/C14H14Cl2N2OS/c1-8-6-9(4-5-11(8)19-2)7-10-12(15)17-14(20-3)18-13(10)16/h4-6H,7H2,1-3H3. The summed E-state index contributed by atoms with van der Waals surface area (Å²) in [5.41, 5.74) is 2.90. The monoisotopic (exact) mass is 328 g/mol. The Morgan fingerprint density at radius 3 is 2.35 bits per heavy atom. The summed E-state index contributed by atoms with van der Waals surface area (Å²) in [6.07, 6.45) is 2.48. The molecule has 1 aromatic heterocycles. The van der Waals surface area contributed by atoms with Gasteiger partial charge in [-0.05, 0) is 30.4 Å². The number of halogens is 2. The van der Waals surface area contributed by atoms with Crippen LogP contribution in [-0.2, 0) is 6.42 Å². The highest BCUT2D eigenvalue weighted by atomic mass is 35.5. The molecule has 0 aliphatic heterocycles. The fraction of sp³-hybridized carbons (Fsp3) is 0.286. The summed E-state index contributed by atoms with van der Waals surface area (Å²) < 4.78 is 5.25. The zero-order valence-corrected chi connectivity index (χ0v) is 13.7. The minimum atomic E-state index is 0.405. The van der Waals surface area contributed by atoms with E-state index >= 15 is 0 Å². The lowest BCUT2D eigenvalue weighted by Gasteiger charge is -2.10. The Morgan fingerprint density at radius 2 is 1.85 bits per heavy atom. The van der Waals surface area contributed by atoms with E-state index in [0.29, 0.717) is 21.9 Å². The van der Waals surface area contributed by atoms with Gasteiger partial charge < -0.3 is 4.74 Å². The highest BCUT2D eigenvalue weighted by Gasteiger charge is 2.12. The van der Waals surface area contributed by atoms with E-state index in [9.17, 15) is 0 Å². The Bertz CT molecular complexity index is 612. The van der Waals surface area contributed by atoms with Gasteiger partial charge in [0, 0.05) is 12.0 Å². The first-order valence-corrected chi connectivity index (χ1v) is 7.92. The molecule has 0 unspecified atom stereocenters. The van der Waals surface area contributed by atoms with Crippen molar-refractivity contribution in [3.8, 4) is 5.75 Å². The molecule has 0 radical (unpaired) electrons. The first-order chi connectivity index (χ1) is 9.55. The molecule has 2 aromatic rings. The number of rotatable bonds is 4. The van der Waals surface area contributed by atoms with E-state index in [1.165, 1.54) is 11.8 Å². The highest BCUT2D eigenvalue weighted by Crippen LogP contribution is 2.28. The average Bonchev–Trinajstić information content (AvgIpc) is 2.42. The molecule has 2 rings (SSSR count). The van der Waals surface area contributed by atoms with Crippen LogP contribution in [0.25, 0.3) is 0 Å². The maximum atomic E-state index is 6.19. The average molecular weight is 329 g/mol. The molecule has 0 aliphatic carbocycles. The second kappa shape index (κ2) is 6.66. The number of aryl methyl sites for hydroxylation is 1. The normalized spacial score (nSPS) is 10.7. The number of methoxy groups -OCH3 is 1. The van der Waals surface area contributed by atoms with Gasteiger partial charge in [0.15, 0.2) is 5.16 Å². The molecule has 3 nitrogen and oxygen atoms in total. The number of hydrogen-bond acceptors (Lipinski definition) is 4. The van der Waals surface area contributed by atoms with Crippen LogP contribution in [0.2, 0.25) is 10.3 Å². The smallest absolute Gasteiger partial charge is 0.190 e. The number of thioether (sulfide) groups is 1. The van der Waals surface area contributed by atoms with Gasteiger partial charge in [-0.15, -0.1) is 0 Å². The Kier molecular flexibility index (Phi) is 5.13. The number of benzene rings is 1. The third-order valence-corrected chi connectivity index (χ3v) is 4.08. The van der Waals surface area contributed by atoms with Crippen molar-refractivity contribution < 1.29 is 4.74 Å². The van der Waals surface area contributed by atoms with Crippen LogP contribution in [0.15, 0.2) is 23.4 Å². The second-order valence-electron chi connectivity index (χ2n) is 4.25. The summed E-state index contributed by atoms with van der Waals surface area (Å²) in [6, 6.07) is 5.97.